The first-order valence-corrected chi connectivity index (χ1v) is 5.07. The van der Waals surface area contributed by atoms with Crippen LogP contribution in [0.2, 0.25) is 0 Å². The zero-order valence-corrected chi connectivity index (χ0v) is 8.88. The van der Waals surface area contributed by atoms with Crippen molar-refractivity contribution in [1.29, 1.82) is 0 Å². The molecule has 0 aliphatic heterocycles. The third kappa shape index (κ3) is 9.12. The molecule has 0 radical (unpaired) electrons. The Morgan fingerprint density at radius 3 is 2.77 bits per heavy atom. The number of allylic oxidation sites excluding steroid dienone is 1. The van der Waals surface area contributed by atoms with Gasteiger partial charge in [0.15, 0.2) is 0 Å². The first-order chi connectivity index (χ1) is 6.31. The molecule has 0 fully saturated rings. The molecule has 0 aromatic rings. The summed E-state index contributed by atoms with van der Waals surface area (Å²) in [5.74, 6) is 0. The fraction of sp³-hybridized carbons (Fsp3) is 0.727. The predicted octanol–water partition coefficient (Wildman–Crippen LogP) is 3.54. The van der Waals surface area contributed by atoms with Crippen molar-refractivity contribution in [2.75, 3.05) is 6.61 Å². The van der Waals surface area contributed by atoms with Crippen LogP contribution in [0.15, 0.2) is 17.8 Å². The van der Waals surface area contributed by atoms with E-state index in [0.29, 0.717) is 0 Å². The molecule has 0 saturated heterocycles. The molecule has 0 saturated carbocycles. The van der Waals surface area contributed by atoms with Gasteiger partial charge in [-0.3, -0.25) is 0 Å². The summed E-state index contributed by atoms with van der Waals surface area (Å²) in [4.78, 5) is 5.13. The SMILES string of the molecule is C=CCCCCCO/N=C(\C)CC. The molecule has 0 aliphatic carbocycles. The van der Waals surface area contributed by atoms with Gasteiger partial charge in [0.1, 0.15) is 6.61 Å². The monoisotopic (exact) mass is 183 g/mol. The van der Waals surface area contributed by atoms with E-state index in [0.717, 1.165) is 31.6 Å². The van der Waals surface area contributed by atoms with Crippen LogP contribution in [0, 0.1) is 0 Å². The molecular formula is C11H21NO. The van der Waals surface area contributed by atoms with Crippen molar-refractivity contribution < 1.29 is 4.84 Å². The van der Waals surface area contributed by atoms with Crippen LogP contribution in [-0.4, -0.2) is 12.3 Å². The van der Waals surface area contributed by atoms with Gasteiger partial charge in [0.25, 0.3) is 0 Å². The first-order valence-electron chi connectivity index (χ1n) is 5.07. The van der Waals surface area contributed by atoms with Crippen molar-refractivity contribution in [2.24, 2.45) is 5.16 Å². The number of nitrogens with zero attached hydrogens (tertiary/aromatic N) is 1. The number of oxime groups is 1. The van der Waals surface area contributed by atoms with Gasteiger partial charge in [-0.1, -0.05) is 18.2 Å². The Hall–Kier alpha value is -0.790. The molecule has 0 aliphatic rings. The van der Waals surface area contributed by atoms with Crippen LogP contribution in [0.5, 0.6) is 0 Å². The minimum Gasteiger partial charge on any atom is -0.396 e. The van der Waals surface area contributed by atoms with Crippen molar-refractivity contribution in [2.45, 2.75) is 46.0 Å². The lowest BCUT2D eigenvalue weighted by atomic mass is 10.2. The summed E-state index contributed by atoms with van der Waals surface area (Å²) in [6.07, 6.45) is 7.54. The number of unbranched alkanes of at least 4 members (excludes halogenated alkanes) is 3. The van der Waals surface area contributed by atoms with E-state index >= 15 is 0 Å². The van der Waals surface area contributed by atoms with Crippen LogP contribution in [0.1, 0.15) is 46.0 Å². The van der Waals surface area contributed by atoms with Crippen molar-refractivity contribution in [3.8, 4) is 0 Å². The van der Waals surface area contributed by atoms with Gasteiger partial charge in [-0.05, 0) is 39.0 Å². The molecule has 0 N–H and O–H groups in total. The predicted molar refractivity (Wildman–Crippen MR) is 58.0 cm³/mol. The van der Waals surface area contributed by atoms with E-state index in [1.54, 1.807) is 0 Å². The van der Waals surface area contributed by atoms with Gasteiger partial charge in [-0.2, -0.15) is 0 Å². The van der Waals surface area contributed by atoms with Gasteiger partial charge >= 0.3 is 0 Å². The molecule has 0 heterocycles. The maximum atomic E-state index is 5.13. The van der Waals surface area contributed by atoms with Crippen LogP contribution >= 0.6 is 0 Å². The molecule has 0 aromatic carbocycles. The maximum absolute atomic E-state index is 5.13. The van der Waals surface area contributed by atoms with E-state index in [9.17, 15) is 0 Å². The molecule has 0 unspecified atom stereocenters. The molecule has 0 atom stereocenters. The van der Waals surface area contributed by atoms with E-state index in [4.69, 9.17) is 4.84 Å². The highest BCUT2D eigenvalue weighted by molar-refractivity contribution is 5.80. The minimum absolute atomic E-state index is 0.745. The van der Waals surface area contributed by atoms with E-state index < -0.39 is 0 Å². The Kier molecular flexibility index (Phi) is 8.73. The summed E-state index contributed by atoms with van der Waals surface area (Å²) in [5, 5.41) is 3.96. The molecular weight excluding hydrogens is 162 g/mol. The van der Waals surface area contributed by atoms with Crippen molar-refractivity contribution in [1.82, 2.24) is 0 Å². The summed E-state index contributed by atoms with van der Waals surface area (Å²) >= 11 is 0. The van der Waals surface area contributed by atoms with Crippen LogP contribution < -0.4 is 0 Å². The Balaban J connectivity index is 3.12. The van der Waals surface area contributed by atoms with E-state index in [2.05, 4.69) is 18.7 Å². The van der Waals surface area contributed by atoms with Gasteiger partial charge in [-0.15, -0.1) is 6.58 Å². The van der Waals surface area contributed by atoms with Gasteiger partial charge in [0.05, 0.1) is 5.71 Å². The topological polar surface area (TPSA) is 21.6 Å². The molecule has 2 heteroatoms. The molecule has 2 nitrogen and oxygen atoms in total. The highest BCUT2D eigenvalue weighted by Gasteiger charge is 1.89. The lowest BCUT2D eigenvalue weighted by Gasteiger charge is -1.99. The van der Waals surface area contributed by atoms with Crippen LogP contribution in [0.4, 0.5) is 0 Å². The largest absolute Gasteiger partial charge is 0.396 e. The lowest BCUT2D eigenvalue weighted by Crippen LogP contribution is -1.93. The highest BCUT2D eigenvalue weighted by Crippen LogP contribution is 2.00. The summed E-state index contributed by atoms with van der Waals surface area (Å²) in [6, 6.07) is 0. The Labute approximate surface area is 81.7 Å². The zero-order chi connectivity index (χ0) is 9.94. The van der Waals surface area contributed by atoms with Gasteiger partial charge in [0, 0.05) is 0 Å². The molecule has 0 bridgehead atoms. The molecule has 0 aromatic heterocycles. The molecule has 0 spiro atoms. The second kappa shape index (κ2) is 9.30. The standard InChI is InChI=1S/C11H21NO/c1-4-6-7-8-9-10-13-12-11(3)5-2/h4H,1,5-10H2,2-3H3/b12-11+. The van der Waals surface area contributed by atoms with Gasteiger partial charge in [0.2, 0.25) is 0 Å². The van der Waals surface area contributed by atoms with Crippen molar-refractivity contribution in [3.05, 3.63) is 12.7 Å². The number of hydrogen-bond donors (Lipinski definition) is 0. The second-order valence-electron chi connectivity index (χ2n) is 3.15. The Morgan fingerprint density at radius 1 is 1.38 bits per heavy atom. The summed E-state index contributed by atoms with van der Waals surface area (Å²) < 4.78 is 0. The van der Waals surface area contributed by atoms with Crippen LogP contribution in [-0.2, 0) is 4.84 Å². The van der Waals surface area contributed by atoms with Gasteiger partial charge in [-0.25, -0.2) is 0 Å². The molecule has 0 amide bonds. The average molecular weight is 183 g/mol. The van der Waals surface area contributed by atoms with Gasteiger partial charge < -0.3 is 4.84 Å². The lowest BCUT2D eigenvalue weighted by molar-refractivity contribution is 0.139. The quantitative estimate of drug-likeness (QED) is 0.244. The maximum Gasteiger partial charge on any atom is 0.117 e. The minimum atomic E-state index is 0.745. The van der Waals surface area contributed by atoms with Crippen molar-refractivity contribution >= 4 is 5.71 Å². The summed E-state index contributed by atoms with van der Waals surface area (Å²) in [6.45, 7) is 8.48. The molecule has 76 valence electrons. The number of hydrogen-bond acceptors (Lipinski definition) is 2. The fourth-order valence-electron chi connectivity index (χ4n) is 0.852. The average Bonchev–Trinajstić information content (AvgIpc) is 2.16. The number of rotatable bonds is 8. The van der Waals surface area contributed by atoms with E-state index in [1.165, 1.54) is 12.8 Å². The molecule has 13 heavy (non-hydrogen) atoms. The highest BCUT2D eigenvalue weighted by atomic mass is 16.6. The van der Waals surface area contributed by atoms with Crippen molar-refractivity contribution in [3.63, 3.8) is 0 Å². The van der Waals surface area contributed by atoms with Crippen LogP contribution in [0.25, 0.3) is 0 Å². The Bertz CT molecular complexity index is 152. The second-order valence-corrected chi connectivity index (χ2v) is 3.15. The summed E-state index contributed by atoms with van der Waals surface area (Å²) in [5.41, 5.74) is 1.06. The van der Waals surface area contributed by atoms with Crippen LogP contribution in [0.3, 0.4) is 0 Å². The zero-order valence-electron chi connectivity index (χ0n) is 8.88. The first kappa shape index (κ1) is 12.2. The Morgan fingerprint density at radius 2 is 2.15 bits per heavy atom. The fourth-order valence-corrected chi connectivity index (χ4v) is 0.852. The van der Waals surface area contributed by atoms with E-state index in [-0.39, 0.29) is 0 Å². The third-order valence-corrected chi connectivity index (χ3v) is 1.88. The smallest absolute Gasteiger partial charge is 0.117 e. The summed E-state index contributed by atoms with van der Waals surface area (Å²) in [7, 11) is 0. The van der Waals surface area contributed by atoms with E-state index in [1.807, 2.05) is 13.0 Å². The molecule has 0 rings (SSSR count). The normalized spacial score (nSPS) is 11.4. The third-order valence-electron chi connectivity index (χ3n) is 1.88.